The summed E-state index contributed by atoms with van der Waals surface area (Å²) in [5.74, 6) is 0.713. The highest BCUT2D eigenvalue weighted by molar-refractivity contribution is 5.95. The van der Waals surface area contributed by atoms with Gasteiger partial charge in [0.05, 0.1) is 6.10 Å². The highest BCUT2D eigenvalue weighted by atomic mass is 16.3. The molecule has 0 aromatic carbocycles. The zero-order valence-electron chi connectivity index (χ0n) is 22.6. The lowest BCUT2D eigenvalue weighted by Gasteiger charge is -2.70. The largest absolute Gasteiger partial charge is 0.393 e. The Kier molecular flexibility index (Phi) is 5.04. The van der Waals surface area contributed by atoms with Gasteiger partial charge in [-0.2, -0.15) is 0 Å². The molecule has 1 amide bonds. The number of rotatable bonds is 1. The van der Waals surface area contributed by atoms with Crippen LogP contribution in [0.3, 0.4) is 0 Å². The maximum atomic E-state index is 14.2. The van der Waals surface area contributed by atoms with Crippen LogP contribution < -0.4 is 5.73 Å². The SMILES string of the molecule is CC1(C)[C@@H](O)CC[C@]2(C)[C@H]3C(=O)C=C4C5C[C@@](C)(C(N)=O)CC[C@]5(C)CC[C@@]4(C)[C@]3(C)CC[C@@H]12. The van der Waals surface area contributed by atoms with Crippen LogP contribution >= 0.6 is 0 Å². The van der Waals surface area contributed by atoms with Crippen molar-refractivity contribution in [2.45, 2.75) is 112 Å². The van der Waals surface area contributed by atoms with E-state index in [0.29, 0.717) is 11.7 Å². The van der Waals surface area contributed by atoms with Crippen LogP contribution in [0.15, 0.2) is 11.6 Å². The van der Waals surface area contributed by atoms with E-state index in [2.05, 4.69) is 47.6 Å². The first kappa shape index (κ1) is 24.5. The second-order valence-electron chi connectivity index (χ2n) is 15.0. The smallest absolute Gasteiger partial charge is 0.223 e. The van der Waals surface area contributed by atoms with Gasteiger partial charge in [0, 0.05) is 11.3 Å². The lowest BCUT2D eigenvalue weighted by atomic mass is 9.33. The highest BCUT2D eigenvalue weighted by Crippen LogP contribution is 2.75. The molecule has 9 atom stereocenters. The van der Waals surface area contributed by atoms with Gasteiger partial charge in [-0.3, -0.25) is 9.59 Å². The summed E-state index contributed by atoms with van der Waals surface area (Å²) in [6, 6.07) is 0. The Bertz CT molecular complexity index is 968. The van der Waals surface area contributed by atoms with E-state index in [1.807, 2.05) is 6.92 Å². The Balaban J connectivity index is 1.62. The minimum Gasteiger partial charge on any atom is -0.393 e. The molecule has 4 nitrogen and oxygen atoms in total. The van der Waals surface area contributed by atoms with Crippen LogP contribution in [0.2, 0.25) is 0 Å². The number of carbonyl (C=O) groups is 2. The van der Waals surface area contributed by atoms with E-state index in [9.17, 15) is 14.7 Å². The van der Waals surface area contributed by atoms with Crippen molar-refractivity contribution in [3.05, 3.63) is 11.6 Å². The van der Waals surface area contributed by atoms with Gasteiger partial charge in [0.15, 0.2) is 5.78 Å². The molecule has 0 spiro atoms. The topological polar surface area (TPSA) is 80.4 Å². The lowest BCUT2D eigenvalue weighted by Crippen LogP contribution is -2.66. The molecule has 0 heterocycles. The first-order chi connectivity index (χ1) is 15.6. The first-order valence-corrected chi connectivity index (χ1v) is 13.8. The second kappa shape index (κ2) is 6.99. The van der Waals surface area contributed by atoms with Crippen molar-refractivity contribution in [2.24, 2.45) is 56.0 Å². The molecule has 0 bridgehead atoms. The first-order valence-electron chi connectivity index (χ1n) is 13.8. The van der Waals surface area contributed by atoms with Crippen LogP contribution in [0.25, 0.3) is 0 Å². The molecule has 0 saturated heterocycles. The van der Waals surface area contributed by atoms with Gasteiger partial charge in [-0.25, -0.2) is 0 Å². The van der Waals surface area contributed by atoms with Crippen LogP contribution in [0.5, 0.6) is 0 Å². The maximum absolute atomic E-state index is 14.2. The van der Waals surface area contributed by atoms with Gasteiger partial charge in [0.1, 0.15) is 0 Å². The average molecular weight is 470 g/mol. The third kappa shape index (κ3) is 2.81. The van der Waals surface area contributed by atoms with E-state index >= 15 is 0 Å². The van der Waals surface area contributed by atoms with E-state index < -0.39 is 5.41 Å². The number of allylic oxidation sites excluding steroid dienone is 2. The van der Waals surface area contributed by atoms with Crippen LogP contribution in [-0.4, -0.2) is 22.9 Å². The fraction of sp³-hybridized carbons (Fsp3) is 0.867. The lowest BCUT2D eigenvalue weighted by molar-refractivity contribution is -0.202. The van der Waals surface area contributed by atoms with E-state index in [4.69, 9.17) is 5.73 Å². The second-order valence-corrected chi connectivity index (χ2v) is 15.0. The molecule has 0 aromatic rings. The molecule has 5 rings (SSSR count). The van der Waals surface area contributed by atoms with E-state index in [1.165, 1.54) is 5.57 Å². The predicted octanol–water partition coefficient (Wildman–Crippen LogP) is 5.81. The van der Waals surface area contributed by atoms with Crippen LogP contribution in [0.4, 0.5) is 0 Å². The zero-order chi connectivity index (χ0) is 25.1. The fourth-order valence-corrected chi connectivity index (χ4v) is 10.4. The number of aliphatic hydroxyl groups is 1. The van der Waals surface area contributed by atoms with E-state index in [-0.39, 0.29) is 50.9 Å². The van der Waals surface area contributed by atoms with Crippen molar-refractivity contribution in [1.82, 2.24) is 0 Å². The number of carbonyl (C=O) groups excluding carboxylic acids is 2. The Labute approximate surface area is 206 Å². The molecule has 0 radical (unpaired) electrons. The molecular formula is C30H47NO3. The van der Waals surface area contributed by atoms with Crippen molar-refractivity contribution < 1.29 is 14.7 Å². The molecule has 4 saturated carbocycles. The van der Waals surface area contributed by atoms with Crippen LogP contribution in [-0.2, 0) is 9.59 Å². The number of primary amides is 1. The summed E-state index contributed by atoms with van der Waals surface area (Å²) >= 11 is 0. The third-order valence-corrected chi connectivity index (χ3v) is 13.1. The average Bonchev–Trinajstić information content (AvgIpc) is 2.73. The van der Waals surface area contributed by atoms with Crippen molar-refractivity contribution in [1.29, 1.82) is 0 Å². The van der Waals surface area contributed by atoms with E-state index in [0.717, 1.165) is 57.8 Å². The summed E-state index contributed by atoms with van der Waals surface area (Å²) in [4.78, 5) is 26.7. The minimum absolute atomic E-state index is 0.00487. The Morgan fingerprint density at radius 2 is 1.59 bits per heavy atom. The molecule has 4 heteroatoms. The number of hydrogen-bond donors (Lipinski definition) is 2. The van der Waals surface area contributed by atoms with Gasteiger partial charge in [0.2, 0.25) is 5.91 Å². The summed E-state index contributed by atoms with van der Waals surface area (Å²) in [6.45, 7) is 16.1. The number of nitrogens with two attached hydrogens (primary N) is 1. The molecule has 0 aromatic heterocycles. The summed E-state index contributed by atoms with van der Waals surface area (Å²) in [5.41, 5.74) is 6.49. The molecule has 5 aliphatic carbocycles. The predicted molar refractivity (Wildman–Crippen MR) is 135 cm³/mol. The van der Waals surface area contributed by atoms with Gasteiger partial charge in [-0.05, 0) is 103 Å². The molecule has 4 fully saturated rings. The molecule has 5 aliphatic rings. The number of amides is 1. The van der Waals surface area contributed by atoms with Crippen molar-refractivity contribution in [3.8, 4) is 0 Å². The molecular weight excluding hydrogens is 422 g/mol. The van der Waals surface area contributed by atoms with Gasteiger partial charge < -0.3 is 10.8 Å². The summed E-state index contributed by atoms with van der Waals surface area (Å²) < 4.78 is 0. The van der Waals surface area contributed by atoms with E-state index in [1.54, 1.807) is 0 Å². The maximum Gasteiger partial charge on any atom is 0.223 e. The van der Waals surface area contributed by atoms with Gasteiger partial charge in [-0.15, -0.1) is 0 Å². The summed E-state index contributed by atoms with van der Waals surface area (Å²) in [7, 11) is 0. The minimum atomic E-state index is -0.489. The highest BCUT2D eigenvalue weighted by Gasteiger charge is 2.70. The Hall–Kier alpha value is -1.16. The molecule has 3 N–H and O–H groups in total. The van der Waals surface area contributed by atoms with Crippen molar-refractivity contribution >= 4 is 11.7 Å². The molecule has 34 heavy (non-hydrogen) atoms. The summed E-state index contributed by atoms with van der Waals surface area (Å²) in [5, 5.41) is 10.9. The monoisotopic (exact) mass is 469 g/mol. The number of ketones is 1. The Morgan fingerprint density at radius 3 is 2.24 bits per heavy atom. The number of hydrogen-bond acceptors (Lipinski definition) is 3. The standard InChI is InChI=1S/C30H47NO3/c1-25(2)21-8-11-30(7)23(28(21,5)10-9-22(25)33)20(32)16-18-19-17-27(4,24(31)34)13-12-26(19,3)14-15-29(18,30)6/h16,19,21-23,33H,8-15,17H2,1-7H3,(H2,31,34)/t19?,21-,22-,23+,26+,27-,28-,29+,30+/m0/s1. The molecule has 1 unspecified atom stereocenters. The van der Waals surface area contributed by atoms with Gasteiger partial charge in [0.25, 0.3) is 0 Å². The third-order valence-electron chi connectivity index (χ3n) is 13.1. The van der Waals surface area contributed by atoms with Crippen LogP contribution in [0.1, 0.15) is 106 Å². The quantitative estimate of drug-likeness (QED) is 0.508. The van der Waals surface area contributed by atoms with Crippen molar-refractivity contribution in [2.75, 3.05) is 0 Å². The van der Waals surface area contributed by atoms with Crippen LogP contribution in [0, 0.1) is 50.2 Å². The zero-order valence-corrected chi connectivity index (χ0v) is 22.6. The summed E-state index contributed by atoms with van der Waals surface area (Å²) in [6.07, 6.45) is 10.5. The fourth-order valence-electron chi connectivity index (χ4n) is 10.4. The Morgan fingerprint density at radius 1 is 0.941 bits per heavy atom. The number of aliphatic hydroxyl groups excluding tert-OH is 1. The van der Waals surface area contributed by atoms with Crippen molar-refractivity contribution in [3.63, 3.8) is 0 Å². The molecule has 0 aliphatic heterocycles. The molecule has 190 valence electrons. The van der Waals surface area contributed by atoms with Gasteiger partial charge in [-0.1, -0.05) is 54.0 Å². The normalized spacial score (nSPS) is 54.1. The number of fused-ring (bicyclic) bond motifs is 7. The van der Waals surface area contributed by atoms with Gasteiger partial charge >= 0.3 is 0 Å².